The molecule has 2 fully saturated rings. The van der Waals surface area contributed by atoms with Crippen LogP contribution in [0.3, 0.4) is 0 Å². The van der Waals surface area contributed by atoms with E-state index in [-0.39, 0.29) is 6.17 Å². The van der Waals surface area contributed by atoms with E-state index in [1.165, 1.54) is 37.8 Å². The van der Waals surface area contributed by atoms with Crippen LogP contribution in [0.1, 0.15) is 38.5 Å². The molecule has 0 spiro atoms. The topological polar surface area (TPSA) is 77.2 Å². The van der Waals surface area contributed by atoms with E-state index in [2.05, 4.69) is 37.4 Å². The third-order valence-electron chi connectivity index (χ3n) is 6.56. The molecule has 1 saturated carbocycles. The van der Waals surface area contributed by atoms with Crippen molar-refractivity contribution in [2.24, 2.45) is 11.0 Å². The van der Waals surface area contributed by atoms with Gasteiger partial charge in [0.05, 0.1) is 0 Å². The van der Waals surface area contributed by atoms with E-state index < -0.39 is 0 Å². The molecular weight excluding hydrogens is 364 g/mol. The third kappa shape index (κ3) is 5.01. The molecule has 3 N–H and O–H groups in total. The summed E-state index contributed by atoms with van der Waals surface area (Å²) in [5.74, 6) is 1.74. The molecule has 0 radical (unpaired) electrons. The van der Waals surface area contributed by atoms with Crippen LogP contribution in [0.5, 0.6) is 0 Å². The van der Waals surface area contributed by atoms with Gasteiger partial charge in [-0.3, -0.25) is 15.1 Å². The highest BCUT2D eigenvalue weighted by molar-refractivity contribution is 5.86. The van der Waals surface area contributed by atoms with Crippen molar-refractivity contribution in [3.63, 3.8) is 0 Å². The van der Waals surface area contributed by atoms with Gasteiger partial charge >= 0.3 is 0 Å². The van der Waals surface area contributed by atoms with Crippen molar-refractivity contribution in [3.05, 3.63) is 24.3 Å². The standard InChI is InChI=1S/C22H34N6O/c23-19-7-4-8-20(15-19)27-13-11-26(12-14-27)10-9-21-24-25-22(17-29)28(21)16-18-5-2-1-3-6-18/h4,7-8,15,17-18,22,25H,1-3,5-6,9-14,16,23H2. The molecule has 7 heteroatoms. The number of anilines is 2. The first-order valence-electron chi connectivity index (χ1n) is 11.1. The Morgan fingerprint density at radius 1 is 1.14 bits per heavy atom. The Kier molecular flexibility index (Phi) is 6.54. The van der Waals surface area contributed by atoms with Crippen LogP contribution in [0, 0.1) is 5.92 Å². The van der Waals surface area contributed by atoms with Crippen LogP contribution < -0.4 is 16.1 Å². The Morgan fingerprint density at radius 3 is 2.66 bits per heavy atom. The number of nitrogens with two attached hydrogens (primary N) is 1. The number of nitrogen functional groups attached to an aromatic ring is 1. The van der Waals surface area contributed by atoms with Gasteiger partial charge < -0.3 is 15.5 Å². The minimum Gasteiger partial charge on any atom is -0.399 e. The largest absolute Gasteiger partial charge is 0.399 e. The van der Waals surface area contributed by atoms with Gasteiger partial charge in [0.25, 0.3) is 0 Å². The second kappa shape index (κ2) is 9.48. The van der Waals surface area contributed by atoms with Crippen LogP contribution in [0.15, 0.2) is 29.4 Å². The van der Waals surface area contributed by atoms with Crippen molar-refractivity contribution in [2.45, 2.75) is 44.7 Å². The van der Waals surface area contributed by atoms with E-state index in [1.807, 2.05) is 12.1 Å². The Balaban J connectivity index is 1.26. The summed E-state index contributed by atoms with van der Waals surface area (Å²) in [7, 11) is 0. The number of carbonyl (C=O) groups is 1. The van der Waals surface area contributed by atoms with E-state index in [1.54, 1.807) is 0 Å². The number of hydrogen-bond acceptors (Lipinski definition) is 7. The van der Waals surface area contributed by atoms with E-state index in [4.69, 9.17) is 5.73 Å². The van der Waals surface area contributed by atoms with Crippen molar-refractivity contribution >= 4 is 23.5 Å². The van der Waals surface area contributed by atoms with E-state index in [9.17, 15) is 4.79 Å². The molecular formula is C22H34N6O. The number of nitrogens with one attached hydrogen (secondary N) is 1. The summed E-state index contributed by atoms with van der Waals surface area (Å²) in [5, 5.41) is 4.50. The number of amidine groups is 1. The molecule has 1 aliphatic carbocycles. The lowest BCUT2D eigenvalue weighted by Gasteiger charge is -2.36. The Morgan fingerprint density at radius 2 is 1.93 bits per heavy atom. The quantitative estimate of drug-likeness (QED) is 0.541. The summed E-state index contributed by atoms with van der Waals surface area (Å²) in [6.07, 6.45) is 8.15. The fraction of sp³-hybridized carbons (Fsp3) is 0.636. The summed E-state index contributed by atoms with van der Waals surface area (Å²) in [4.78, 5) is 18.6. The number of hydrogen-bond donors (Lipinski definition) is 2. The number of carbonyl (C=O) groups excluding carboxylic acids is 1. The van der Waals surface area contributed by atoms with Gasteiger partial charge in [-0.05, 0) is 37.0 Å². The molecule has 1 aromatic carbocycles. The summed E-state index contributed by atoms with van der Waals surface area (Å²) in [6, 6.07) is 8.14. The van der Waals surface area contributed by atoms with Gasteiger partial charge in [0.15, 0.2) is 12.5 Å². The molecule has 0 amide bonds. The predicted octanol–water partition coefficient (Wildman–Crippen LogP) is 2.10. The lowest BCUT2D eigenvalue weighted by molar-refractivity contribution is -0.111. The van der Waals surface area contributed by atoms with Gasteiger partial charge in [0.1, 0.15) is 5.84 Å². The van der Waals surface area contributed by atoms with Gasteiger partial charge in [0.2, 0.25) is 0 Å². The maximum Gasteiger partial charge on any atom is 0.172 e. The molecule has 2 heterocycles. The molecule has 1 atom stereocenters. The van der Waals surface area contributed by atoms with Crippen LogP contribution in [0.4, 0.5) is 11.4 Å². The average Bonchev–Trinajstić information content (AvgIpc) is 3.15. The van der Waals surface area contributed by atoms with Gasteiger partial charge in [-0.25, -0.2) is 0 Å². The molecule has 158 valence electrons. The predicted molar refractivity (Wildman–Crippen MR) is 118 cm³/mol. The van der Waals surface area contributed by atoms with Gasteiger partial charge in [-0.2, -0.15) is 5.10 Å². The molecule has 0 bridgehead atoms. The number of nitrogens with zero attached hydrogens (tertiary/aromatic N) is 4. The normalized spacial score (nSPS) is 23.7. The highest BCUT2D eigenvalue weighted by Crippen LogP contribution is 2.26. The zero-order chi connectivity index (χ0) is 20.1. The minimum atomic E-state index is -0.285. The molecule has 3 aliphatic rings. The second-order valence-electron chi connectivity index (χ2n) is 8.57. The SMILES string of the molecule is Nc1cccc(N2CCN(CCC3=NNC(C=O)N3CC3CCCCC3)CC2)c1. The molecule has 7 nitrogen and oxygen atoms in total. The number of piperazine rings is 1. The number of benzene rings is 1. The highest BCUT2D eigenvalue weighted by Gasteiger charge is 2.30. The van der Waals surface area contributed by atoms with Gasteiger partial charge in [-0.1, -0.05) is 25.3 Å². The van der Waals surface area contributed by atoms with E-state index >= 15 is 0 Å². The number of aldehydes is 1. The Bertz CT molecular complexity index is 709. The molecule has 4 rings (SSSR count). The molecule has 29 heavy (non-hydrogen) atoms. The minimum absolute atomic E-state index is 0.285. The van der Waals surface area contributed by atoms with Crippen molar-refractivity contribution in [2.75, 3.05) is 49.9 Å². The number of hydrazone groups is 1. The Hall–Kier alpha value is -2.28. The zero-order valence-electron chi connectivity index (χ0n) is 17.3. The van der Waals surface area contributed by atoms with Gasteiger partial charge in [0, 0.05) is 57.1 Å². The first kappa shape index (κ1) is 20.0. The van der Waals surface area contributed by atoms with Crippen molar-refractivity contribution in [1.29, 1.82) is 0 Å². The fourth-order valence-electron chi connectivity index (χ4n) is 4.81. The van der Waals surface area contributed by atoms with Crippen LogP contribution in [-0.4, -0.2) is 67.4 Å². The first-order valence-corrected chi connectivity index (χ1v) is 11.1. The summed E-state index contributed by atoms with van der Waals surface area (Å²) in [6.45, 7) is 6.04. The lowest BCUT2D eigenvalue weighted by Crippen LogP contribution is -2.48. The van der Waals surface area contributed by atoms with Crippen LogP contribution in [0.2, 0.25) is 0 Å². The molecule has 1 aromatic rings. The zero-order valence-corrected chi connectivity index (χ0v) is 17.3. The first-order chi connectivity index (χ1) is 14.2. The van der Waals surface area contributed by atoms with E-state index in [0.717, 1.165) is 63.5 Å². The Labute approximate surface area is 173 Å². The van der Waals surface area contributed by atoms with Gasteiger partial charge in [-0.15, -0.1) is 0 Å². The average molecular weight is 399 g/mol. The monoisotopic (exact) mass is 398 g/mol. The maximum atomic E-state index is 11.5. The van der Waals surface area contributed by atoms with Crippen molar-refractivity contribution in [1.82, 2.24) is 15.2 Å². The maximum absolute atomic E-state index is 11.5. The molecule has 0 aromatic heterocycles. The van der Waals surface area contributed by atoms with Crippen LogP contribution >= 0.6 is 0 Å². The highest BCUT2D eigenvalue weighted by atomic mass is 16.1. The van der Waals surface area contributed by atoms with Crippen LogP contribution in [-0.2, 0) is 4.79 Å². The van der Waals surface area contributed by atoms with Crippen molar-refractivity contribution < 1.29 is 4.79 Å². The summed E-state index contributed by atoms with van der Waals surface area (Å²) >= 11 is 0. The fourth-order valence-corrected chi connectivity index (χ4v) is 4.81. The summed E-state index contributed by atoms with van der Waals surface area (Å²) < 4.78 is 0. The smallest absolute Gasteiger partial charge is 0.172 e. The van der Waals surface area contributed by atoms with E-state index in [0.29, 0.717) is 5.92 Å². The molecule has 1 unspecified atom stereocenters. The molecule has 1 saturated heterocycles. The summed E-state index contributed by atoms with van der Waals surface area (Å²) in [5.41, 5.74) is 11.0. The van der Waals surface area contributed by atoms with Crippen LogP contribution in [0.25, 0.3) is 0 Å². The van der Waals surface area contributed by atoms with Crippen molar-refractivity contribution in [3.8, 4) is 0 Å². The third-order valence-corrected chi connectivity index (χ3v) is 6.56. The second-order valence-corrected chi connectivity index (χ2v) is 8.57. The number of rotatable bonds is 7. The molecule has 2 aliphatic heterocycles. The lowest BCUT2D eigenvalue weighted by atomic mass is 9.89.